The molecule has 0 bridgehead atoms. The number of esters is 1. The zero-order chi connectivity index (χ0) is 19.2. The SMILES string of the molecule is O=C(N/N=C\c1ccc(OC(=O)c2cccs2)cc1)c1cc(O)cc(O)c1. The molecule has 7 nitrogen and oxygen atoms in total. The molecule has 1 amide bonds. The lowest BCUT2D eigenvalue weighted by Gasteiger charge is -2.03. The fraction of sp³-hybridized carbons (Fsp3) is 0. The number of nitrogens with one attached hydrogen (secondary N) is 1. The lowest BCUT2D eigenvalue weighted by atomic mass is 10.2. The van der Waals surface area contributed by atoms with Crippen LogP contribution in [-0.4, -0.2) is 28.3 Å². The number of hydrogen-bond acceptors (Lipinski definition) is 7. The van der Waals surface area contributed by atoms with E-state index in [-0.39, 0.29) is 17.1 Å². The minimum atomic E-state index is -0.584. The van der Waals surface area contributed by atoms with Gasteiger partial charge in [0.15, 0.2) is 0 Å². The predicted molar refractivity (Wildman–Crippen MR) is 101 cm³/mol. The minimum Gasteiger partial charge on any atom is -0.508 e. The van der Waals surface area contributed by atoms with E-state index in [9.17, 15) is 19.8 Å². The van der Waals surface area contributed by atoms with Crippen molar-refractivity contribution in [2.24, 2.45) is 5.10 Å². The first-order valence-corrected chi connectivity index (χ1v) is 8.61. The van der Waals surface area contributed by atoms with Crippen LogP contribution in [0.25, 0.3) is 0 Å². The summed E-state index contributed by atoms with van der Waals surface area (Å²) in [6, 6.07) is 13.6. The molecule has 0 saturated heterocycles. The molecule has 3 rings (SSSR count). The Morgan fingerprint density at radius 1 is 1.04 bits per heavy atom. The second-order valence-electron chi connectivity index (χ2n) is 5.37. The number of aromatic hydroxyl groups is 2. The number of phenols is 2. The molecule has 0 aliphatic heterocycles. The fourth-order valence-electron chi connectivity index (χ4n) is 2.13. The van der Waals surface area contributed by atoms with E-state index in [4.69, 9.17) is 4.74 Å². The van der Waals surface area contributed by atoms with Gasteiger partial charge in [-0.3, -0.25) is 4.79 Å². The van der Waals surface area contributed by atoms with E-state index < -0.39 is 11.9 Å². The quantitative estimate of drug-likeness (QED) is 0.272. The molecule has 8 heteroatoms. The predicted octanol–water partition coefficient (Wildman–Crippen LogP) is 3.14. The molecular formula is C19H14N2O5S. The standard InChI is InChI=1S/C19H14N2O5S/c22-14-8-13(9-15(23)10-14)18(24)21-20-11-12-3-5-16(6-4-12)26-19(25)17-2-1-7-27-17/h1-11,22-23H,(H,21,24)/b20-11-. The van der Waals surface area contributed by atoms with Crippen LogP contribution < -0.4 is 10.2 Å². The highest BCUT2D eigenvalue weighted by atomic mass is 32.1. The molecule has 3 aromatic rings. The van der Waals surface area contributed by atoms with Crippen LogP contribution in [-0.2, 0) is 0 Å². The molecule has 0 aliphatic rings. The number of rotatable bonds is 5. The molecule has 27 heavy (non-hydrogen) atoms. The van der Waals surface area contributed by atoms with Gasteiger partial charge in [0.25, 0.3) is 5.91 Å². The van der Waals surface area contributed by atoms with Crippen LogP contribution in [0, 0.1) is 0 Å². The van der Waals surface area contributed by atoms with Crippen molar-refractivity contribution in [3.8, 4) is 17.2 Å². The highest BCUT2D eigenvalue weighted by Gasteiger charge is 2.09. The van der Waals surface area contributed by atoms with E-state index in [2.05, 4.69) is 10.5 Å². The van der Waals surface area contributed by atoms with Gasteiger partial charge in [-0.1, -0.05) is 6.07 Å². The van der Waals surface area contributed by atoms with Gasteiger partial charge in [-0.05, 0) is 53.4 Å². The Balaban J connectivity index is 1.57. The van der Waals surface area contributed by atoms with Gasteiger partial charge < -0.3 is 14.9 Å². The first-order chi connectivity index (χ1) is 13.0. The van der Waals surface area contributed by atoms with Crippen LogP contribution >= 0.6 is 11.3 Å². The van der Waals surface area contributed by atoms with Gasteiger partial charge in [-0.15, -0.1) is 11.3 Å². The molecule has 0 saturated carbocycles. The maximum absolute atomic E-state index is 11.9. The molecule has 0 fully saturated rings. The maximum atomic E-state index is 11.9. The van der Waals surface area contributed by atoms with Gasteiger partial charge in [-0.2, -0.15) is 5.10 Å². The molecule has 2 aromatic carbocycles. The van der Waals surface area contributed by atoms with Gasteiger partial charge in [0.05, 0.1) is 6.21 Å². The maximum Gasteiger partial charge on any atom is 0.353 e. The van der Waals surface area contributed by atoms with Gasteiger partial charge in [0.1, 0.15) is 22.1 Å². The molecule has 0 atom stereocenters. The topological polar surface area (TPSA) is 108 Å². The van der Waals surface area contributed by atoms with Crippen molar-refractivity contribution in [3.05, 3.63) is 76.0 Å². The molecule has 0 aliphatic carbocycles. The van der Waals surface area contributed by atoms with Crippen molar-refractivity contribution in [1.82, 2.24) is 5.43 Å². The normalized spacial score (nSPS) is 10.7. The molecule has 136 valence electrons. The average Bonchev–Trinajstić information content (AvgIpc) is 3.17. The van der Waals surface area contributed by atoms with Crippen molar-refractivity contribution in [2.75, 3.05) is 0 Å². The Bertz CT molecular complexity index is 962. The molecule has 0 spiro atoms. The summed E-state index contributed by atoms with van der Waals surface area (Å²) in [6.45, 7) is 0. The number of nitrogens with zero attached hydrogens (tertiary/aromatic N) is 1. The first-order valence-electron chi connectivity index (χ1n) is 7.73. The summed E-state index contributed by atoms with van der Waals surface area (Å²) in [6.07, 6.45) is 1.41. The van der Waals surface area contributed by atoms with Gasteiger partial charge in [-0.25, -0.2) is 10.2 Å². The summed E-state index contributed by atoms with van der Waals surface area (Å²) >= 11 is 1.30. The van der Waals surface area contributed by atoms with Crippen LogP contribution in [0.1, 0.15) is 25.6 Å². The van der Waals surface area contributed by atoms with Gasteiger partial charge in [0.2, 0.25) is 0 Å². The number of ether oxygens (including phenoxy) is 1. The molecule has 0 unspecified atom stereocenters. The van der Waals surface area contributed by atoms with Crippen molar-refractivity contribution < 1.29 is 24.5 Å². The molecule has 0 radical (unpaired) electrons. The summed E-state index contributed by atoms with van der Waals surface area (Å²) in [5, 5.41) is 24.4. The largest absolute Gasteiger partial charge is 0.508 e. The van der Waals surface area contributed by atoms with E-state index >= 15 is 0 Å². The summed E-state index contributed by atoms with van der Waals surface area (Å²) in [5.74, 6) is -1.06. The first kappa shape index (κ1) is 18.2. The second kappa shape index (κ2) is 8.15. The van der Waals surface area contributed by atoms with Crippen LogP contribution in [0.3, 0.4) is 0 Å². The van der Waals surface area contributed by atoms with Crippen molar-refractivity contribution >= 4 is 29.4 Å². The lowest BCUT2D eigenvalue weighted by Crippen LogP contribution is -2.17. The average molecular weight is 382 g/mol. The van der Waals surface area contributed by atoms with E-state index in [1.54, 1.807) is 41.8 Å². The Morgan fingerprint density at radius 3 is 2.37 bits per heavy atom. The smallest absolute Gasteiger partial charge is 0.353 e. The van der Waals surface area contributed by atoms with Crippen LogP contribution in [0.4, 0.5) is 0 Å². The van der Waals surface area contributed by atoms with E-state index in [0.717, 1.165) is 6.07 Å². The number of carbonyl (C=O) groups is 2. The number of carbonyl (C=O) groups excluding carboxylic acids is 2. The van der Waals surface area contributed by atoms with Crippen molar-refractivity contribution in [1.29, 1.82) is 0 Å². The van der Waals surface area contributed by atoms with E-state index in [0.29, 0.717) is 16.2 Å². The van der Waals surface area contributed by atoms with Gasteiger partial charge in [0, 0.05) is 11.6 Å². The summed E-state index contributed by atoms with van der Waals surface area (Å²) in [7, 11) is 0. The van der Waals surface area contributed by atoms with Crippen molar-refractivity contribution in [3.63, 3.8) is 0 Å². The monoisotopic (exact) mass is 382 g/mol. The number of benzene rings is 2. The van der Waals surface area contributed by atoms with Crippen LogP contribution in [0.15, 0.2) is 65.1 Å². The van der Waals surface area contributed by atoms with Gasteiger partial charge >= 0.3 is 5.97 Å². The third kappa shape index (κ3) is 4.93. The molecular weight excluding hydrogens is 368 g/mol. The highest BCUT2D eigenvalue weighted by Crippen LogP contribution is 2.20. The number of hydrogen-bond donors (Lipinski definition) is 3. The van der Waals surface area contributed by atoms with Crippen LogP contribution in [0.5, 0.6) is 17.2 Å². The number of phenolic OH excluding ortho intramolecular Hbond substituents is 2. The summed E-state index contributed by atoms with van der Waals surface area (Å²) < 4.78 is 5.25. The van der Waals surface area contributed by atoms with E-state index in [1.165, 1.54) is 29.7 Å². The number of hydrazone groups is 1. The Kier molecular flexibility index (Phi) is 5.48. The van der Waals surface area contributed by atoms with Crippen molar-refractivity contribution in [2.45, 2.75) is 0 Å². The Hall–Kier alpha value is -3.65. The lowest BCUT2D eigenvalue weighted by molar-refractivity contribution is 0.0739. The molecule has 1 heterocycles. The Morgan fingerprint density at radius 2 is 1.74 bits per heavy atom. The third-order valence-electron chi connectivity index (χ3n) is 3.36. The molecule has 1 aromatic heterocycles. The number of amides is 1. The number of thiophene rings is 1. The fourth-order valence-corrected chi connectivity index (χ4v) is 2.73. The van der Waals surface area contributed by atoms with E-state index in [1.807, 2.05) is 0 Å². The summed E-state index contributed by atoms with van der Waals surface area (Å²) in [4.78, 5) is 24.3. The third-order valence-corrected chi connectivity index (χ3v) is 4.21. The second-order valence-corrected chi connectivity index (χ2v) is 6.32. The van der Waals surface area contributed by atoms with Crippen LogP contribution in [0.2, 0.25) is 0 Å². The zero-order valence-electron chi connectivity index (χ0n) is 13.8. The minimum absolute atomic E-state index is 0.0699. The molecule has 3 N–H and O–H groups in total. The Labute approximate surface area is 158 Å². The highest BCUT2D eigenvalue weighted by molar-refractivity contribution is 7.12. The zero-order valence-corrected chi connectivity index (χ0v) is 14.6. The summed E-state index contributed by atoms with van der Waals surface area (Å²) in [5.41, 5.74) is 3.03.